The molecular formula is C14H29NO5. The van der Waals surface area contributed by atoms with Gasteiger partial charge < -0.3 is 19.3 Å². The maximum Gasteiger partial charge on any atom is 0.320 e. The molecule has 0 aromatic heterocycles. The molecular weight excluding hydrogens is 262 g/mol. The molecule has 0 aliphatic carbocycles. The number of hydrogen-bond acceptors (Lipinski definition) is 5. The van der Waals surface area contributed by atoms with Gasteiger partial charge in [0.2, 0.25) is 0 Å². The number of ether oxygens (including phenoxy) is 3. The lowest BCUT2D eigenvalue weighted by molar-refractivity contribution is -0.142. The number of carboxylic acid groups (broad SMARTS) is 1. The van der Waals surface area contributed by atoms with Crippen molar-refractivity contribution in [2.24, 2.45) is 0 Å². The first-order valence-electron chi connectivity index (χ1n) is 7.25. The molecule has 0 fully saturated rings. The second-order valence-corrected chi connectivity index (χ2v) is 4.69. The second-order valence-electron chi connectivity index (χ2n) is 4.69. The van der Waals surface area contributed by atoms with Gasteiger partial charge in [0.15, 0.2) is 0 Å². The van der Waals surface area contributed by atoms with Crippen molar-refractivity contribution >= 4 is 5.97 Å². The van der Waals surface area contributed by atoms with Gasteiger partial charge in [-0.1, -0.05) is 13.3 Å². The third-order valence-corrected chi connectivity index (χ3v) is 2.99. The van der Waals surface area contributed by atoms with E-state index < -0.39 is 12.0 Å². The summed E-state index contributed by atoms with van der Waals surface area (Å²) in [4.78, 5) is 12.5. The summed E-state index contributed by atoms with van der Waals surface area (Å²) in [6, 6.07) is -0.491. The number of likely N-dealkylation sites (N-methyl/N-ethyl adjacent to an activating group) is 1. The Balaban J connectivity index is 3.22. The predicted molar refractivity (Wildman–Crippen MR) is 77.1 cm³/mol. The largest absolute Gasteiger partial charge is 0.480 e. The summed E-state index contributed by atoms with van der Waals surface area (Å²) >= 11 is 0. The number of carbonyl (C=O) groups is 1. The highest BCUT2D eigenvalue weighted by Crippen LogP contribution is 1.95. The Morgan fingerprint density at radius 2 is 1.55 bits per heavy atom. The maximum atomic E-state index is 10.7. The van der Waals surface area contributed by atoms with Crippen molar-refractivity contribution in [2.75, 3.05) is 53.2 Å². The molecule has 1 unspecified atom stereocenters. The van der Waals surface area contributed by atoms with Gasteiger partial charge in [-0.15, -0.1) is 0 Å². The van der Waals surface area contributed by atoms with Crippen LogP contribution in [0.4, 0.5) is 0 Å². The molecule has 6 nitrogen and oxygen atoms in total. The van der Waals surface area contributed by atoms with E-state index in [-0.39, 0.29) is 0 Å². The van der Waals surface area contributed by atoms with Crippen molar-refractivity contribution < 1.29 is 24.1 Å². The van der Waals surface area contributed by atoms with E-state index in [0.29, 0.717) is 39.6 Å². The molecule has 120 valence electrons. The van der Waals surface area contributed by atoms with Crippen LogP contribution in [-0.4, -0.2) is 75.3 Å². The van der Waals surface area contributed by atoms with E-state index in [2.05, 4.69) is 6.92 Å². The fraction of sp³-hybridized carbons (Fsp3) is 0.929. The number of carboxylic acids is 1. The SMILES string of the molecule is CCCCOCCOCCOCCN(C)C(C)C(=O)O. The van der Waals surface area contributed by atoms with Crippen LogP contribution in [0.15, 0.2) is 0 Å². The minimum Gasteiger partial charge on any atom is -0.480 e. The highest BCUT2D eigenvalue weighted by Gasteiger charge is 2.15. The standard InChI is InChI=1S/C14H29NO5/c1-4-5-7-18-9-11-20-12-10-19-8-6-15(3)13(2)14(16)17/h13H,4-12H2,1-3H3,(H,16,17). The predicted octanol–water partition coefficient (Wildman–Crippen LogP) is 1.24. The van der Waals surface area contributed by atoms with Crippen molar-refractivity contribution in [3.05, 3.63) is 0 Å². The molecule has 0 bridgehead atoms. The van der Waals surface area contributed by atoms with Crippen LogP contribution in [0.25, 0.3) is 0 Å². The van der Waals surface area contributed by atoms with E-state index in [0.717, 1.165) is 19.4 Å². The minimum absolute atomic E-state index is 0.491. The van der Waals surface area contributed by atoms with Crippen molar-refractivity contribution in [3.63, 3.8) is 0 Å². The van der Waals surface area contributed by atoms with Gasteiger partial charge in [0.25, 0.3) is 0 Å². The summed E-state index contributed by atoms with van der Waals surface area (Å²) in [5, 5.41) is 8.82. The molecule has 0 saturated carbocycles. The molecule has 0 amide bonds. The van der Waals surface area contributed by atoms with Crippen LogP contribution in [0.1, 0.15) is 26.7 Å². The lowest BCUT2D eigenvalue weighted by atomic mass is 10.3. The molecule has 0 aliphatic heterocycles. The van der Waals surface area contributed by atoms with Crippen LogP contribution in [0.5, 0.6) is 0 Å². The summed E-state index contributed by atoms with van der Waals surface area (Å²) in [5.74, 6) is -0.820. The van der Waals surface area contributed by atoms with Crippen LogP contribution in [0.3, 0.4) is 0 Å². The summed E-state index contributed by atoms with van der Waals surface area (Å²) < 4.78 is 16.1. The van der Waals surface area contributed by atoms with Crippen LogP contribution < -0.4 is 0 Å². The zero-order valence-corrected chi connectivity index (χ0v) is 13.0. The van der Waals surface area contributed by atoms with Gasteiger partial charge in [-0.3, -0.25) is 9.69 Å². The Morgan fingerprint density at radius 3 is 2.05 bits per heavy atom. The quantitative estimate of drug-likeness (QED) is 0.486. The first-order valence-corrected chi connectivity index (χ1v) is 7.25. The van der Waals surface area contributed by atoms with Gasteiger partial charge in [-0.05, 0) is 20.4 Å². The number of unbranched alkanes of at least 4 members (excludes halogenated alkanes) is 1. The highest BCUT2D eigenvalue weighted by molar-refractivity contribution is 5.72. The van der Waals surface area contributed by atoms with Crippen molar-refractivity contribution in [3.8, 4) is 0 Å². The van der Waals surface area contributed by atoms with E-state index in [4.69, 9.17) is 19.3 Å². The Labute approximate surface area is 122 Å². The average Bonchev–Trinajstić information content (AvgIpc) is 2.43. The number of aliphatic carboxylic acids is 1. The van der Waals surface area contributed by atoms with Crippen molar-refractivity contribution in [2.45, 2.75) is 32.7 Å². The molecule has 1 atom stereocenters. The molecule has 1 N–H and O–H groups in total. The normalized spacial score (nSPS) is 12.8. The van der Waals surface area contributed by atoms with Gasteiger partial charge in [0, 0.05) is 13.2 Å². The van der Waals surface area contributed by atoms with Gasteiger partial charge >= 0.3 is 5.97 Å². The van der Waals surface area contributed by atoms with Crippen molar-refractivity contribution in [1.29, 1.82) is 0 Å². The molecule has 0 heterocycles. The fourth-order valence-corrected chi connectivity index (χ4v) is 1.38. The van der Waals surface area contributed by atoms with Crippen LogP contribution in [-0.2, 0) is 19.0 Å². The van der Waals surface area contributed by atoms with E-state index in [1.165, 1.54) is 0 Å². The molecule has 0 saturated heterocycles. The molecule has 0 radical (unpaired) electrons. The van der Waals surface area contributed by atoms with E-state index in [1.54, 1.807) is 18.9 Å². The first kappa shape index (κ1) is 19.3. The van der Waals surface area contributed by atoms with E-state index >= 15 is 0 Å². The van der Waals surface area contributed by atoms with Crippen LogP contribution in [0.2, 0.25) is 0 Å². The molecule has 0 spiro atoms. The third-order valence-electron chi connectivity index (χ3n) is 2.99. The lowest BCUT2D eigenvalue weighted by Crippen LogP contribution is -2.38. The van der Waals surface area contributed by atoms with Gasteiger partial charge in [-0.2, -0.15) is 0 Å². The summed E-state index contributed by atoms with van der Waals surface area (Å²) in [7, 11) is 1.77. The smallest absolute Gasteiger partial charge is 0.320 e. The second kappa shape index (κ2) is 13.3. The number of rotatable bonds is 14. The topological polar surface area (TPSA) is 68.2 Å². The molecule has 0 aromatic rings. The molecule has 0 aromatic carbocycles. The highest BCUT2D eigenvalue weighted by atomic mass is 16.5. The zero-order chi connectivity index (χ0) is 15.2. The zero-order valence-electron chi connectivity index (χ0n) is 13.0. The summed E-state index contributed by atoms with van der Waals surface area (Å²) in [6.07, 6.45) is 2.23. The monoisotopic (exact) mass is 291 g/mol. The molecule has 6 heteroatoms. The lowest BCUT2D eigenvalue weighted by Gasteiger charge is -2.20. The number of hydrogen-bond donors (Lipinski definition) is 1. The molecule has 0 rings (SSSR count). The third kappa shape index (κ3) is 11.2. The Hall–Kier alpha value is -0.690. The average molecular weight is 291 g/mol. The van der Waals surface area contributed by atoms with Gasteiger partial charge in [0.1, 0.15) is 6.04 Å². The summed E-state index contributed by atoms with van der Waals surface area (Å²) in [6.45, 7) is 7.94. The van der Waals surface area contributed by atoms with Crippen molar-refractivity contribution in [1.82, 2.24) is 4.90 Å². The maximum absolute atomic E-state index is 10.7. The van der Waals surface area contributed by atoms with Crippen LogP contribution >= 0.6 is 0 Å². The Morgan fingerprint density at radius 1 is 1.05 bits per heavy atom. The summed E-state index contributed by atoms with van der Waals surface area (Å²) in [5.41, 5.74) is 0. The Bertz CT molecular complexity index is 238. The van der Waals surface area contributed by atoms with E-state index in [1.807, 2.05) is 0 Å². The van der Waals surface area contributed by atoms with Crippen LogP contribution in [0, 0.1) is 0 Å². The molecule has 0 aliphatic rings. The minimum atomic E-state index is -0.820. The van der Waals surface area contributed by atoms with E-state index in [9.17, 15) is 4.79 Å². The first-order chi connectivity index (χ1) is 9.59. The van der Waals surface area contributed by atoms with Gasteiger partial charge in [-0.25, -0.2) is 0 Å². The Kier molecular flexibility index (Phi) is 12.8. The van der Waals surface area contributed by atoms with Gasteiger partial charge in [0.05, 0.1) is 33.0 Å². The number of nitrogens with zero attached hydrogens (tertiary/aromatic N) is 1. The fourth-order valence-electron chi connectivity index (χ4n) is 1.38. The molecule has 20 heavy (non-hydrogen) atoms.